The maximum Gasteiger partial charge on any atom is 0.345 e. The van der Waals surface area contributed by atoms with E-state index in [9.17, 15) is 14.7 Å². The Morgan fingerprint density at radius 2 is 1.00 bits per heavy atom. The molecule has 218 valence electrons. The van der Waals surface area contributed by atoms with Crippen molar-refractivity contribution in [2.75, 3.05) is 0 Å². The molecule has 4 nitrogen and oxygen atoms in total. The van der Waals surface area contributed by atoms with Gasteiger partial charge in [0.2, 0.25) is 0 Å². The molecule has 0 aliphatic carbocycles. The maximum atomic E-state index is 12.1. The average Bonchev–Trinajstić information content (AvgIpc) is 2.90. The third kappa shape index (κ3) is 26.9. The smallest absolute Gasteiger partial charge is 0.345 e. The molecule has 0 amide bonds. The zero-order valence-corrected chi connectivity index (χ0v) is 24.7. The Kier molecular flexibility index (Phi) is 27.8. The summed E-state index contributed by atoms with van der Waals surface area (Å²) >= 11 is 0. The number of carbonyl (C=O) groups is 2. The molecule has 0 fully saturated rings. The Labute approximate surface area is 234 Å². The summed E-state index contributed by atoms with van der Waals surface area (Å²) in [5.41, 5.74) is 0. The molecule has 0 radical (unpaired) electrons. The number of carbonyl (C=O) groups excluding carboxylic acids is 1. The molecule has 0 heterocycles. The van der Waals surface area contributed by atoms with Gasteiger partial charge in [-0.05, 0) is 57.8 Å². The fourth-order valence-electron chi connectivity index (χ4n) is 4.19. The highest BCUT2D eigenvalue weighted by molar-refractivity contribution is 5.77. The van der Waals surface area contributed by atoms with Crippen LogP contribution in [0.1, 0.15) is 149 Å². The van der Waals surface area contributed by atoms with Crippen molar-refractivity contribution in [3.05, 3.63) is 48.6 Å². The van der Waals surface area contributed by atoms with Crippen LogP contribution in [0.15, 0.2) is 48.6 Å². The maximum absolute atomic E-state index is 12.1. The number of hydrogen-bond acceptors (Lipinski definition) is 3. The minimum atomic E-state index is -1.03. The fourth-order valence-corrected chi connectivity index (χ4v) is 4.19. The highest BCUT2D eigenvalue weighted by Gasteiger charge is 2.21. The van der Waals surface area contributed by atoms with Gasteiger partial charge >= 0.3 is 11.9 Å². The number of ether oxygens (including phenoxy) is 1. The Balaban J connectivity index is 3.76. The molecule has 0 spiro atoms. The number of hydrogen-bond donors (Lipinski definition) is 1. The number of carboxylic acids is 1. The van der Waals surface area contributed by atoms with Gasteiger partial charge in [-0.3, -0.25) is 4.79 Å². The molecule has 0 aliphatic rings. The van der Waals surface area contributed by atoms with Crippen LogP contribution in [0.4, 0.5) is 0 Å². The molecule has 1 atom stereocenters. The summed E-state index contributed by atoms with van der Waals surface area (Å²) in [5.74, 6) is -1.44. The monoisotopic (exact) mass is 530 g/mol. The molecule has 0 aromatic rings. The highest BCUT2D eigenvalue weighted by Crippen LogP contribution is 2.14. The van der Waals surface area contributed by atoms with Crippen molar-refractivity contribution >= 4 is 11.9 Å². The van der Waals surface area contributed by atoms with Crippen molar-refractivity contribution in [3.8, 4) is 0 Å². The predicted octanol–water partition coefficient (Wildman–Crippen LogP) is 10.4. The lowest BCUT2D eigenvalue weighted by molar-refractivity contribution is -0.164. The normalized spacial score (nSPS) is 12.9. The SMILES string of the molecule is CCCCC/C=C\C/C=C\C/C=C\C/C=C\CCCC(=O)OC(CCCCCCCCCCCC)C(=O)O. The molecular formula is C34H58O4. The van der Waals surface area contributed by atoms with E-state index < -0.39 is 18.0 Å². The van der Waals surface area contributed by atoms with Gasteiger partial charge in [-0.15, -0.1) is 0 Å². The second kappa shape index (κ2) is 29.5. The Morgan fingerprint density at radius 3 is 1.50 bits per heavy atom. The van der Waals surface area contributed by atoms with Gasteiger partial charge in [0.05, 0.1) is 0 Å². The van der Waals surface area contributed by atoms with Crippen molar-refractivity contribution in [1.29, 1.82) is 0 Å². The number of unbranched alkanes of at least 4 members (excludes halogenated alkanes) is 13. The summed E-state index contributed by atoms with van der Waals surface area (Å²) < 4.78 is 5.24. The molecule has 0 aromatic carbocycles. The predicted molar refractivity (Wildman–Crippen MR) is 162 cm³/mol. The molecule has 1 N–H and O–H groups in total. The number of rotatable bonds is 27. The van der Waals surface area contributed by atoms with E-state index in [2.05, 4.69) is 62.5 Å². The van der Waals surface area contributed by atoms with Gasteiger partial charge in [0, 0.05) is 6.42 Å². The van der Waals surface area contributed by atoms with Crippen molar-refractivity contribution in [2.45, 2.75) is 155 Å². The second-order valence-corrected chi connectivity index (χ2v) is 10.3. The van der Waals surface area contributed by atoms with Gasteiger partial charge in [-0.2, -0.15) is 0 Å². The molecule has 38 heavy (non-hydrogen) atoms. The molecule has 0 saturated carbocycles. The average molecular weight is 531 g/mol. The molecule has 0 rings (SSSR count). The van der Waals surface area contributed by atoms with E-state index in [1.165, 1.54) is 70.6 Å². The molecule has 1 unspecified atom stereocenters. The lowest BCUT2D eigenvalue weighted by atomic mass is 10.0. The Morgan fingerprint density at radius 1 is 0.579 bits per heavy atom. The molecule has 4 heteroatoms. The summed E-state index contributed by atoms with van der Waals surface area (Å²) in [6.07, 6.45) is 38.5. The van der Waals surface area contributed by atoms with Crippen molar-refractivity contribution in [2.24, 2.45) is 0 Å². The first-order valence-corrected chi connectivity index (χ1v) is 15.6. The van der Waals surface area contributed by atoms with Crippen LogP contribution in [-0.4, -0.2) is 23.1 Å². The minimum absolute atomic E-state index is 0.264. The van der Waals surface area contributed by atoms with Crippen LogP contribution in [0.3, 0.4) is 0 Å². The van der Waals surface area contributed by atoms with Crippen LogP contribution in [0.2, 0.25) is 0 Å². The summed E-state index contributed by atoms with van der Waals surface area (Å²) in [7, 11) is 0. The Hall–Kier alpha value is -2.10. The number of allylic oxidation sites excluding steroid dienone is 8. The minimum Gasteiger partial charge on any atom is -0.479 e. The van der Waals surface area contributed by atoms with Crippen molar-refractivity contribution in [3.63, 3.8) is 0 Å². The molecule has 0 aliphatic heterocycles. The van der Waals surface area contributed by atoms with E-state index >= 15 is 0 Å². The third-order valence-electron chi connectivity index (χ3n) is 6.58. The summed E-state index contributed by atoms with van der Waals surface area (Å²) in [6, 6.07) is 0. The lowest BCUT2D eigenvalue weighted by Gasteiger charge is -2.13. The Bertz CT molecular complexity index is 659. The van der Waals surface area contributed by atoms with Gasteiger partial charge in [-0.25, -0.2) is 4.79 Å². The van der Waals surface area contributed by atoms with Gasteiger partial charge < -0.3 is 9.84 Å². The van der Waals surface area contributed by atoms with Crippen LogP contribution in [0.25, 0.3) is 0 Å². The van der Waals surface area contributed by atoms with E-state index in [1.807, 2.05) is 0 Å². The molecule has 0 saturated heterocycles. The van der Waals surface area contributed by atoms with E-state index in [0.717, 1.165) is 44.9 Å². The summed E-state index contributed by atoms with van der Waals surface area (Å²) in [6.45, 7) is 4.46. The fraction of sp³-hybridized carbons (Fsp3) is 0.706. The van der Waals surface area contributed by atoms with Gasteiger partial charge in [0.15, 0.2) is 6.10 Å². The standard InChI is InChI=1S/C34H58O4/c1-3-5-7-9-11-13-15-16-17-18-19-20-21-23-25-27-29-31-33(35)38-32(34(36)37)30-28-26-24-22-14-12-10-8-6-4-2/h11,13,16-17,19-20,23,25,32H,3-10,12,14-15,18,21-22,24,26-31H2,1-2H3,(H,36,37)/b13-11-,17-16-,20-19-,25-23-. The first kappa shape index (κ1) is 35.9. The van der Waals surface area contributed by atoms with Crippen molar-refractivity contribution in [1.82, 2.24) is 0 Å². The van der Waals surface area contributed by atoms with E-state index in [1.54, 1.807) is 0 Å². The van der Waals surface area contributed by atoms with E-state index in [-0.39, 0.29) is 6.42 Å². The van der Waals surface area contributed by atoms with E-state index in [0.29, 0.717) is 12.8 Å². The highest BCUT2D eigenvalue weighted by atomic mass is 16.6. The van der Waals surface area contributed by atoms with Gasteiger partial charge in [0.25, 0.3) is 0 Å². The molecule has 0 aromatic heterocycles. The van der Waals surface area contributed by atoms with Crippen LogP contribution in [-0.2, 0) is 14.3 Å². The van der Waals surface area contributed by atoms with Crippen LogP contribution >= 0.6 is 0 Å². The van der Waals surface area contributed by atoms with Crippen molar-refractivity contribution < 1.29 is 19.4 Å². The van der Waals surface area contributed by atoms with E-state index in [4.69, 9.17) is 4.74 Å². The van der Waals surface area contributed by atoms with Gasteiger partial charge in [-0.1, -0.05) is 133 Å². The first-order valence-electron chi connectivity index (χ1n) is 15.6. The van der Waals surface area contributed by atoms with Crippen LogP contribution < -0.4 is 0 Å². The second-order valence-electron chi connectivity index (χ2n) is 10.3. The number of esters is 1. The van der Waals surface area contributed by atoms with Crippen LogP contribution in [0.5, 0.6) is 0 Å². The van der Waals surface area contributed by atoms with Gasteiger partial charge in [0.1, 0.15) is 0 Å². The largest absolute Gasteiger partial charge is 0.479 e. The lowest BCUT2D eigenvalue weighted by Crippen LogP contribution is -2.26. The van der Waals surface area contributed by atoms with Crippen LogP contribution in [0, 0.1) is 0 Å². The summed E-state index contributed by atoms with van der Waals surface area (Å²) in [4.78, 5) is 23.5. The topological polar surface area (TPSA) is 63.6 Å². The first-order chi connectivity index (χ1) is 18.6. The zero-order chi connectivity index (χ0) is 27.9. The number of carboxylic acid groups (broad SMARTS) is 1. The third-order valence-corrected chi connectivity index (χ3v) is 6.58. The molecular weight excluding hydrogens is 472 g/mol. The summed E-state index contributed by atoms with van der Waals surface area (Å²) in [5, 5.41) is 9.38. The zero-order valence-electron chi connectivity index (χ0n) is 24.7. The quantitative estimate of drug-likeness (QED) is 0.0651. The number of aliphatic carboxylic acids is 1. The molecule has 0 bridgehead atoms.